The number of ether oxygens (including phenoxy) is 5. The van der Waals surface area contributed by atoms with Crippen molar-refractivity contribution in [2.24, 2.45) is 0 Å². The Balaban J connectivity index is 1.48. The highest BCUT2D eigenvalue weighted by molar-refractivity contribution is 5.16. The fourth-order valence-corrected chi connectivity index (χ4v) is 4.15. The molecule has 1 aliphatic heterocycles. The van der Waals surface area contributed by atoms with Gasteiger partial charge >= 0.3 is 0 Å². The smallest absolute Gasteiger partial charge is 0.189 e. The minimum atomic E-state index is -0.805. The van der Waals surface area contributed by atoms with Crippen LogP contribution in [-0.2, 0) is 43.5 Å². The minimum absolute atomic E-state index is 0.330. The molecule has 3 aromatic carbocycles. The van der Waals surface area contributed by atoms with Gasteiger partial charge in [0.05, 0.1) is 26.4 Å². The summed E-state index contributed by atoms with van der Waals surface area (Å²) in [5.41, 5.74) is 2.48. The van der Waals surface area contributed by atoms with Gasteiger partial charge in [0.2, 0.25) is 0 Å². The number of benzene rings is 3. The van der Waals surface area contributed by atoms with Gasteiger partial charge in [-0.15, -0.1) is 0 Å². The van der Waals surface area contributed by atoms with Crippen molar-refractivity contribution in [1.82, 2.24) is 0 Å². The lowest BCUT2D eigenvalue weighted by molar-refractivity contribution is -0.216. The molecule has 1 fully saturated rings. The fourth-order valence-electron chi connectivity index (χ4n) is 4.15. The Morgan fingerprint density at radius 2 is 1.24 bits per heavy atom. The van der Waals surface area contributed by atoms with Crippen molar-refractivity contribution in [3.63, 3.8) is 0 Å². The molecule has 0 bridgehead atoms. The second kappa shape index (κ2) is 11.5. The second-order valence-electron chi connectivity index (χ2n) is 8.42. The van der Waals surface area contributed by atoms with Crippen molar-refractivity contribution < 1.29 is 23.7 Å². The van der Waals surface area contributed by atoms with E-state index >= 15 is 0 Å². The first kappa shape index (κ1) is 23.6. The van der Waals surface area contributed by atoms with Crippen molar-refractivity contribution in [2.45, 2.75) is 50.8 Å². The molecule has 5 heteroatoms. The number of hydrogen-bond acceptors (Lipinski definition) is 5. The Hall–Kier alpha value is -2.54. The average molecular weight is 449 g/mol. The Morgan fingerprint density at radius 1 is 0.727 bits per heavy atom. The lowest BCUT2D eigenvalue weighted by Gasteiger charge is -2.34. The Morgan fingerprint density at radius 3 is 1.79 bits per heavy atom. The fraction of sp³-hybridized carbons (Fsp3) is 0.357. The van der Waals surface area contributed by atoms with E-state index in [1.54, 1.807) is 7.11 Å². The molecule has 4 rings (SSSR count). The van der Waals surface area contributed by atoms with Crippen molar-refractivity contribution in [3.8, 4) is 0 Å². The predicted molar refractivity (Wildman–Crippen MR) is 126 cm³/mol. The second-order valence-corrected chi connectivity index (χ2v) is 8.42. The molecule has 0 saturated carbocycles. The molecule has 1 saturated heterocycles. The summed E-state index contributed by atoms with van der Waals surface area (Å²) in [4.78, 5) is 0. The molecule has 3 aromatic rings. The number of rotatable bonds is 11. The van der Waals surface area contributed by atoms with Gasteiger partial charge in [0.15, 0.2) is 6.29 Å². The third-order valence-electron chi connectivity index (χ3n) is 5.94. The van der Waals surface area contributed by atoms with Crippen LogP contribution in [0.4, 0.5) is 0 Å². The highest BCUT2D eigenvalue weighted by atomic mass is 16.7. The lowest BCUT2D eigenvalue weighted by Crippen LogP contribution is -2.50. The van der Waals surface area contributed by atoms with Crippen LogP contribution >= 0.6 is 0 Å². The summed E-state index contributed by atoms with van der Waals surface area (Å²) >= 11 is 0. The van der Waals surface area contributed by atoms with Gasteiger partial charge < -0.3 is 23.7 Å². The van der Waals surface area contributed by atoms with E-state index in [0.717, 1.165) is 16.7 Å². The molecule has 4 unspecified atom stereocenters. The van der Waals surface area contributed by atoms with Crippen molar-refractivity contribution in [2.75, 3.05) is 13.7 Å². The van der Waals surface area contributed by atoms with Crippen LogP contribution in [0.2, 0.25) is 0 Å². The molecule has 0 aliphatic carbocycles. The molecule has 0 N–H and O–H groups in total. The monoisotopic (exact) mass is 448 g/mol. The Labute approximate surface area is 196 Å². The van der Waals surface area contributed by atoms with Crippen molar-refractivity contribution >= 4 is 0 Å². The molecule has 0 amide bonds. The highest BCUT2D eigenvalue weighted by Crippen LogP contribution is 2.38. The number of methoxy groups -OCH3 is 1. The molecular weight excluding hydrogens is 416 g/mol. The van der Waals surface area contributed by atoms with Crippen LogP contribution in [-0.4, -0.2) is 37.8 Å². The molecule has 33 heavy (non-hydrogen) atoms. The third kappa shape index (κ3) is 6.08. The summed E-state index contributed by atoms with van der Waals surface area (Å²) < 4.78 is 30.9. The summed E-state index contributed by atoms with van der Waals surface area (Å²) in [5.74, 6) is 0. The van der Waals surface area contributed by atoms with Crippen LogP contribution in [0.15, 0.2) is 91.0 Å². The van der Waals surface area contributed by atoms with E-state index in [-0.39, 0.29) is 12.2 Å². The minimum Gasteiger partial charge on any atom is -0.374 e. The maximum atomic E-state index is 6.45. The zero-order chi connectivity index (χ0) is 22.9. The van der Waals surface area contributed by atoms with Crippen molar-refractivity contribution in [3.05, 3.63) is 108 Å². The molecule has 1 heterocycles. The van der Waals surface area contributed by atoms with Gasteiger partial charge in [-0.05, 0) is 23.6 Å². The van der Waals surface area contributed by atoms with Gasteiger partial charge in [0.1, 0.15) is 17.8 Å². The van der Waals surface area contributed by atoms with E-state index in [0.29, 0.717) is 26.4 Å². The zero-order valence-corrected chi connectivity index (χ0v) is 19.3. The summed E-state index contributed by atoms with van der Waals surface area (Å²) in [6.07, 6.45) is -1.28. The molecule has 0 radical (unpaired) electrons. The van der Waals surface area contributed by atoms with Gasteiger partial charge in [-0.3, -0.25) is 0 Å². The molecule has 1 aliphatic rings. The zero-order valence-electron chi connectivity index (χ0n) is 19.3. The van der Waals surface area contributed by atoms with E-state index in [9.17, 15) is 0 Å². The molecule has 5 nitrogen and oxygen atoms in total. The summed E-state index contributed by atoms with van der Waals surface area (Å²) in [7, 11) is 1.64. The highest BCUT2D eigenvalue weighted by Gasteiger charge is 2.56. The number of hydrogen-bond donors (Lipinski definition) is 0. The van der Waals surface area contributed by atoms with Gasteiger partial charge in [0.25, 0.3) is 0 Å². The van der Waals surface area contributed by atoms with Gasteiger partial charge in [-0.1, -0.05) is 91.0 Å². The first-order valence-corrected chi connectivity index (χ1v) is 11.3. The van der Waals surface area contributed by atoms with E-state index in [2.05, 4.69) is 0 Å². The predicted octanol–water partition coefficient (Wildman–Crippen LogP) is 5.14. The van der Waals surface area contributed by atoms with E-state index in [1.165, 1.54) is 0 Å². The van der Waals surface area contributed by atoms with E-state index < -0.39 is 11.9 Å². The Bertz CT molecular complexity index is 950. The lowest BCUT2D eigenvalue weighted by atomic mass is 9.96. The standard InChI is InChI=1S/C28H32O5/c1-28(32-20-24-16-10-5-11-17-24)26(31-19-23-14-8-4-9-15-23)25(33-27(28)29-2)21-30-18-22-12-6-3-7-13-22/h3-17,25-27H,18-21H2,1-2H3. The largest absolute Gasteiger partial charge is 0.374 e. The van der Waals surface area contributed by atoms with E-state index in [4.69, 9.17) is 23.7 Å². The molecule has 0 aromatic heterocycles. The summed E-state index contributed by atoms with van der Waals surface area (Å²) in [5, 5.41) is 0. The van der Waals surface area contributed by atoms with Crippen LogP contribution in [0.5, 0.6) is 0 Å². The van der Waals surface area contributed by atoms with E-state index in [1.807, 2.05) is 97.9 Å². The van der Waals surface area contributed by atoms with Gasteiger partial charge in [-0.2, -0.15) is 0 Å². The topological polar surface area (TPSA) is 46.2 Å². The van der Waals surface area contributed by atoms with Crippen LogP contribution < -0.4 is 0 Å². The quantitative estimate of drug-likeness (QED) is 0.407. The molecule has 174 valence electrons. The molecule has 4 atom stereocenters. The molecule has 0 spiro atoms. The third-order valence-corrected chi connectivity index (χ3v) is 5.94. The maximum absolute atomic E-state index is 6.45. The summed E-state index contributed by atoms with van der Waals surface area (Å²) in [6, 6.07) is 30.3. The van der Waals surface area contributed by atoms with Gasteiger partial charge in [-0.25, -0.2) is 0 Å². The first-order valence-electron chi connectivity index (χ1n) is 11.3. The normalized spacial score (nSPS) is 24.7. The van der Waals surface area contributed by atoms with Crippen LogP contribution in [0.25, 0.3) is 0 Å². The van der Waals surface area contributed by atoms with Crippen molar-refractivity contribution in [1.29, 1.82) is 0 Å². The van der Waals surface area contributed by atoms with Gasteiger partial charge in [0, 0.05) is 7.11 Å². The first-order chi connectivity index (χ1) is 16.2. The molecular formula is C28H32O5. The maximum Gasteiger partial charge on any atom is 0.189 e. The Kier molecular flexibility index (Phi) is 8.26. The SMILES string of the molecule is COC1OC(COCc2ccccc2)C(OCc2ccccc2)C1(C)OCc1ccccc1. The van der Waals surface area contributed by atoms with Crippen LogP contribution in [0, 0.1) is 0 Å². The van der Waals surface area contributed by atoms with Crippen LogP contribution in [0.3, 0.4) is 0 Å². The summed E-state index contributed by atoms with van der Waals surface area (Å²) in [6.45, 7) is 3.76. The average Bonchev–Trinajstić information content (AvgIpc) is 3.14. The van der Waals surface area contributed by atoms with Crippen LogP contribution in [0.1, 0.15) is 23.6 Å².